The first-order valence-electron chi connectivity index (χ1n) is 6.40. The summed E-state index contributed by atoms with van der Waals surface area (Å²) in [6.45, 7) is 1.94. The van der Waals surface area contributed by atoms with Crippen molar-refractivity contribution < 1.29 is 8.78 Å². The number of aromatic nitrogens is 2. The van der Waals surface area contributed by atoms with Crippen LogP contribution in [-0.2, 0) is 7.05 Å². The highest BCUT2D eigenvalue weighted by atomic mass is 19.2. The molecule has 1 aromatic heterocycles. The average Bonchev–Trinajstić information content (AvgIpc) is 2.46. The van der Waals surface area contributed by atoms with E-state index in [0.29, 0.717) is 5.56 Å². The lowest BCUT2D eigenvalue weighted by Crippen LogP contribution is -2.21. The molecule has 1 heterocycles. The topological polar surface area (TPSA) is 34.9 Å². The van der Waals surface area contributed by atoms with Gasteiger partial charge in [0, 0.05) is 24.7 Å². The summed E-state index contributed by atoms with van der Waals surface area (Å²) in [6.07, 6.45) is 0. The molecule has 0 spiro atoms. The van der Waals surface area contributed by atoms with Gasteiger partial charge in [0.05, 0.1) is 11.0 Å². The van der Waals surface area contributed by atoms with Gasteiger partial charge in [0.2, 0.25) is 0 Å². The number of benzene rings is 2. The summed E-state index contributed by atoms with van der Waals surface area (Å²) < 4.78 is 28.0. The first-order chi connectivity index (χ1) is 9.97. The van der Waals surface area contributed by atoms with E-state index < -0.39 is 11.6 Å². The van der Waals surface area contributed by atoms with E-state index in [1.165, 1.54) is 11.6 Å². The SMILES string of the molecule is Cc1ccc(-c2nc3cc(F)c(F)cc3n(C)c2=O)cc1. The van der Waals surface area contributed by atoms with Crippen LogP contribution in [0.1, 0.15) is 5.56 Å². The molecule has 0 bridgehead atoms. The maximum absolute atomic E-state index is 13.4. The zero-order valence-corrected chi connectivity index (χ0v) is 11.5. The van der Waals surface area contributed by atoms with Crippen molar-refractivity contribution in [3.05, 3.63) is 63.9 Å². The molecule has 0 aliphatic carbocycles. The molecule has 0 atom stereocenters. The molecular formula is C16H12F2N2O. The van der Waals surface area contributed by atoms with Crippen molar-refractivity contribution in [2.24, 2.45) is 7.05 Å². The highest BCUT2D eigenvalue weighted by molar-refractivity contribution is 5.78. The third-order valence-electron chi connectivity index (χ3n) is 3.44. The Kier molecular flexibility index (Phi) is 3.05. The fourth-order valence-corrected chi connectivity index (χ4v) is 2.22. The number of nitrogens with zero attached hydrogens (tertiary/aromatic N) is 2. The van der Waals surface area contributed by atoms with Crippen LogP contribution in [0.3, 0.4) is 0 Å². The van der Waals surface area contributed by atoms with Gasteiger partial charge in [-0.05, 0) is 6.92 Å². The molecule has 3 nitrogen and oxygen atoms in total. The van der Waals surface area contributed by atoms with E-state index in [2.05, 4.69) is 4.98 Å². The fraction of sp³-hybridized carbons (Fsp3) is 0.125. The van der Waals surface area contributed by atoms with Crippen molar-refractivity contribution in [3.63, 3.8) is 0 Å². The molecular weight excluding hydrogens is 274 g/mol. The molecule has 0 unspecified atom stereocenters. The third-order valence-corrected chi connectivity index (χ3v) is 3.44. The predicted molar refractivity (Wildman–Crippen MR) is 77.1 cm³/mol. The zero-order valence-electron chi connectivity index (χ0n) is 11.5. The molecule has 2 aromatic carbocycles. The Balaban J connectivity index is 2.34. The fourth-order valence-electron chi connectivity index (χ4n) is 2.22. The smallest absolute Gasteiger partial charge is 0.277 e. The van der Waals surface area contributed by atoms with Crippen molar-refractivity contribution in [1.29, 1.82) is 0 Å². The molecule has 106 valence electrons. The Bertz CT molecular complexity index is 899. The summed E-state index contributed by atoms with van der Waals surface area (Å²) in [5.41, 5.74) is 2.08. The van der Waals surface area contributed by atoms with Gasteiger partial charge in [-0.1, -0.05) is 29.8 Å². The number of hydrogen-bond acceptors (Lipinski definition) is 2. The van der Waals surface area contributed by atoms with E-state index in [1.54, 1.807) is 12.1 Å². The van der Waals surface area contributed by atoms with Crippen LogP contribution in [0.15, 0.2) is 41.2 Å². The minimum absolute atomic E-state index is 0.219. The zero-order chi connectivity index (χ0) is 15.1. The lowest BCUT2D eigenvalue weighted by atomic mass is 10.1. The quantitative estimate of drug-likeness (QED) is 0.688. The van der Waals surface area contributed by atoms with Gasteiger partial charge >= 0.3 is 0 Å². The van der Waals surface area contributed by atoms with Gasteiger partial charge in [0.25, 0.3) is 5.56 Å². The Morgan fingerprint density at radius 2 is 1.67 bits per heavy atom. The van der Waals surface area contributed by atoms with Crippen LogP contribution in [0.5, 0.6) is 0 Å². The van der Waals surface area contributed by atoms with E-state index in [0.717, 1.165) is 17.7 Å². The van der Waals surface area contributed by atoms with Crippen LogP contribution < -0.4 is 5.56 Å². The Morgan fingerprint density at radius 3 is 2.33 bits per heavy atom. The lowest BCUT2D eigenvalue weighted by molar-refractivity contribution is 0.510. The maximum Gasteiger partial charge on any atom is 0.277 e. The number of rotatable bonds is 1. The molecule has 0 saturated carbocycles. The second kappa shape index (κ2) is 4.77. The molecule has 0 radical (unpaired) electrons. The Morgan fingerprint density at radius 1 is 1.05 bits per heavy atom. The number of aryl methyl sites for hydroxylation is 2. The van der Waals surface area contributed by atoms with Gasteiger partial charge in [-0.2, -0.15) is 0 Å². The first-order valence-corrected chi connectivity index (χ1v) is 6.40. The van der Waals surface area contributed by atoms with E-state index in [-0.39, 0.29) is 22.3 Å². The summed E-state index contributed by atoms with van der Waals surface area (Å²) in [5, 5.41) is 0. The minimum Gasteiger partial charge on any atom is -0.308 e. The van der Waals surface area contributed by atoms with Crippen LogP contribution in [0.25, 0.3) is 22.3 Å². The lowest BCUT2D eigenvalue weighted by Gasteiger charge is -2.08. The molecule has 3 aromatic rings. The minimum atomic E-state index is -0.998. The standard InChI is InChI=1S/C16H12F2N2O/c1-9-3-5-10(6-4-9)15-16(21)20(2)14-8-12(18)11(17)7-13(14)19-15/h3-8H,1-2H3. The molecule has 0 amide bonds. The Labute approximate surface area is 119 Å². The summed E-state index contributed by atoms with van der Waals surface area (Å²) in [6, 6.07) is 9.28. The van der Waals surface area contributed by atoms with Crippen molar-refractivity contribution in [2.45, 2.75) is 6.92 Å². The van der Waals surface area contributed by atoms with Crippen molar-refractivity contribution in [2.75, 3.05) is 0 Å². The largest absolute Gasteiger partial charge is 0.308 e. The first kappa shape index (κ1) is 13.4. The predicted octanol–water partition coefficient (Wildman–Crippen LogP) is 3.19. The molecule has 0 N–H and O–H groups in total. The number of hydrogen-bond donors (Lipinski definition) is 0. The van der Waals surface area contributed by atoms with E-state index >= 15 is 0 Å². The monoisotopic (exact) mass is 286 g/mol. The van der Waals surface area contributed by atoms with Crippen LogP contribution in [0.2, 0.25) is 0 Å². The van der Waals surface area contributed by atoms with Gasteiger partial charge in [0.1, 0.15) is 5.69 Å². The van der Waals surface area contributed by atoms with Crippen molar-refractivity contribution in [1.82, 2.24) is 9.55 Å². The van der Waals surface area contributed by atoms with Gasteiger partial charge in [0.15, 0.2) is 11.6 Å². The summed E-state index contributed by atoms with van der Waals surface area (Å²) in [5.74, 6) is -1.98. The second-order valence-corrected chi connectivity index (χ2v) is 4.95. The van der Waals surface area contributed by atoms with E-state index in [4.69, 9.17) is 0 Å². The van der Waals surface area contributed by atoms with Crippen molar-refractivity contribution in [3.8, 4) is 11.3 Å². The molecule has 3 rings (SSSR count). The van der Waals surface area contributed by atoms with Gasteiger partial charge in [-0.3, -0.25) is 4.79 Å². The van der Waals surface area contributed by atoms with E-state index in [9.17, 15) is 13.6 Å². The van der Waals surface area contributed by atoms with E-state index in [1.807, 2.05) is 19.1 Å². The highest BCUT2D eigenvalue weighted by Crippen LogP contribution is 2.20. The molecule has 5 heteroatoms. The highest BCUT2D eigenvalue weighted by Gasteiger charge is 2.13. The maximum atomic E-state index is 13.4. The molecule has 21 heavy (non-hydrogen) atoms. The van der Waals surface area contributed by atoms with Gasteiger partial charge in [-0.25, -0.2) is 13.8 Å². The second-order valence-electron chi connectivity index (χ2n) is 4.95. The molecule has 0 fully saturated rings. The normalized spacial score (nSPS) is 11.0. The number of halogens is 2. The van der Waals surface area contributed by atoms with Crippen molar-refractivity contribution >= 4 is 11.0 Å². The Hall–Kier alpha value is -2.56. The van der Waals surface area contributed by atoms with Crippen LogP contribution in [-0.4, -0.2) is 9.55 Å². The van der Waals surface area contributed by atoms with Gasteiger partial charge in [-0.15, -0.1) is 0 Å². The third kappa shape index (κ3) is 2.20. The average molecular weight is 286 g/mol. The summed E-state index contributed by atoms with van der Waals surface area (Å²) in [7, 11) is 1.52. The molecule has 0 aliphatic heterocycles. The molecule has 0 saturated heterocycles. The van der Waals surface area contributed by atoms with Gasteiger partial charge < -0.3 is 4.57 Å². The van der Waals surface area contributed by atoms with Crippen LogP contribution in [0.4, 0.5) is 8.78 Å². The van der Waals surface area contributed by atoms with Crippen LogP contribution in [0, 0.1) is 18.6 Å². The number of fused-ring (bicyclic) bond motifs is 1. The van der Waals surface area contributed by atoms with Crippen LogP contribution >= 0.6 is 0 Å². The summed E-state index contributed by atoms with van der Waals surface area (Å²) in [4.78, 5) is 16.5. The molecule has 0 aliphatic rings. The summed E-state index contributed by atoms with van der Waals surface area (Å²) >= 11 is 0.